The van der Waals surface area contributed by atoms with Crippen LogP contribution in [-0.4, -0.2) is 46.0 Å². The Morgan fingerprint density at radius 1 is 1.06 bits per heavy atom. The van der Waals surface area contributed by atoms with E-state index in [0.29, 0.717) is 28.4 Å². The number of rotatable bonds is 5. The number of aromatic nitrogens is 2. The maximum absolute atomic E-state index is 12.9. The normalized spacial score (nSPS) is 15.6. The number of fused-ring (bicyclic) bond motifs is 1. The predicted octanol–water partition coefficient (Wildman–Crippen LogP) is 4.74. The third kappa shape index (κ3) is 4.65. The topological polar surface area (TPSA) is 75.4 Å². The summed E-state index contributed by atoms with van der Waals surface area (Å²) >= 11 is 0. The van der Waals surface area contributed by atoms with Crippen LogP contribution in [0.5, 0.6) is 5.88 Å². The monoisotopic (exact) mass is 494 g/mol. The maximum Gasteiger partial charge on any atom is 0.433 e. The summed E-state index contributed by atoms with van der Waals surface area (Å²) in [4.78, 5) is 13.7. The lowest BCUT2D eigenvalue weighted by Crippen LogP contribution is -2.41. The summed E-state index contributed by atoms with van der Waals surface area (Å²) in [7, 11) is 1.54. The lowest BCUT2D eigenvalue weighted by atomic mass is 9.93. The molecule has 0 spiro atoms. The van der Waals surface area contributed by atoms with Crippen LogP contribution in [0.2, 0.25) is 0 Å². The molecular weight excluding hydrogens is 473 g/mol. The van der Waals surface area contributed by atoms with Gasteiger partial charge < -0.3 is 4.74 Å². The summed E-state index contributed by atoms with van der Waals surface area (Å²) in [5, 5.41) is 12.1. The number of pyridine rings is 2. The zero-order valence-electron chi connectivity index (χ0n) is 19.4. The van der Waals surface area contributed by atoms with Crippen LogP contribution >= 0.6 is 0 Å². The molecule has 0 atom stereocenters. The summed E-state index contributed by atoms with van der Waals surface area (Å²) in [5.74, 6) is 0.796. The number of amidine groups is 1. The van der Waals surface area contributed by atoms with Crippen molar-refractivity contribution in [3.8, 4) is 5.88 Å². The van der Waals surface area contributed by atoms with Gasteiger partial charge in [0.05, 0.1) is 19.9 Å². The highest BCUT2D eigenvalue weighted by atomic mass is 19.4. The number of benzene rings is 1. The number of ether oxygens (including phenoxy) is 1. The molecule has 0 amide bonds. The standard InChI is InChI=1S/C25H21F3N6O2/c1-16-5-8-18(9-6-16)20-13-31-34-23(22(20)19-4-3-11-29-24(19)35-2)32-33(15-36-34)14-17-7-10-21(30-12-17)25(26,27)28/h3-13H,14-15H2,1-2H3. The minimum absolute atomic E-state index is 0.0409. The first-order valence-corrected chi connectivity index (χ1v) is 11.0. The first-order chi connectivity index (χ1) is 17.3. The van der Waals surface area contributed by atoms with Crippen molar-refractivity contribution in [3.05, 3.63) is 88.9 Å². The molecule has 3 aromatic rings. The van der Waals surface area contributed by atoms with Crippen molar-refractivity contribution < 1.29 is 22.7 Å². The quantitative estimate of drug-likeness (QED) is 0.510. The average molecular weight is 494 g/mol. The van der Waals surface area contributed by atoms with Crippen LogP contribution in [0.3, 0.4) is 0 Å². The molecular formula is C25H21F3N6O2. The van der Waals surface area contributed by atoms with E-state index < -0.39 is 11.9 Å². The summed E-state index contributed by atoms with van der Waals surface area (Å²) in [6.07, 6.45) is 0.0165. The molecule has 0 bridgehead atoms. The Labute approximate surface area is 204 Å². The van der Waals surface area contributed by atoms with Gasteiger partial charge in [0.2, 0.25) is 11.7 Å². The van der Waals surface area contributed by atoms with Gasteiger partial charge in [-0.25, -0.2) is 9.82 Å². The summed E-state index contributed by atoms with van der Waals surface area (Å²) < 4.78 is 44.1. The molecule has 1 aromatic carbocycles. The Balaban J connectivity index is 1.57. The number of allylic oxidation sites excluding steroid dienone is 1. The molecule has 0 saturated carbocycles. The van der Waals surface area contributed by atoms with Crippen molar-refractivity contribution in [2.45, 2.75) is 19.6 Å². The van der Waals surface area contributed by atoms with Gasteiger partial charge >= 0.3 is 6.18 Å². The van der Waals surface area contributed by atoms with E-state index in [1.54, 1.807) is 23.5 Å². The second-order valence-electron chi connectivity index (χ2n) is 8.13. The van der Waals surface area contributed by atoms with E-state index in [-0.39, 0.29) is 13.3 Å². The fraction of sp³-hybridized carbons (Fsp3) is 0.200. The molecule has 0 unspecified atom stereocenters. The number of halogens is 3. The first kappa shape index (κ1) is 23.5. The van der Waals surface area contributed by atoms with Gasteiger partial charge in [0.15, 0.2) is 6.73 Å². The molecule has 0 aliphatic carbocycles. The average Bonchev–Trinajstić information content (AvgIpc) is 2.88. The molecule has 0 saturated heterocycles. The Morgan fingerprint density at radius 2 is 1.86 bits per heavy atom. The Hall–Kier alpha value is -4.25. The SMILES string of the molecule is COc1ncccc1C1=C(c2ccc(C)cc2)C=NN2OCN(Cc3ccc(C(F)(F)F)nc3)N=C12. The van der Waals surface area contributed by atoms with Crippen molar-refractivity contribution in [2.24, 2.45) is 10.2 Å². The van der Waals surface area contributed by atoms with Gasteiger partial charge in [0, 0.05) is 29.1 Å². The number of hydrogen-bond acceptors (Lipinski definition) is 8. The molecule has 0 N–H and O–H groups in total. The number of nitrogens with zero attached hydrogens (tertiary/aromatic N) is 6. The highest BCUT2D eigenvalue weighted by Gasteiger charge is 2.33. The molecule has 0 fully saturated rings. The molecule has 36 heavy (non-hydrogen) atoms. The lowest BCUT2D eigenvalue weighted by molar-refractivity contribution is -0.159. The number of hydrazone groups is 2. The number of alkyl halides is 3. The van der Waals surface area contributed by atoms with Crippen molar-refractivity contribution in [2.75, 3.05) is 13.8 Å². The van der Waals surface area contributed by atoms with Crippen LogP contribution in [0.4, 0.5) is 13.2 Å². The molecule has 184 valence electrons. The molecule has 2 aromatic heterocycles. The third-order valence-corrected chi connectivity index (χ3v) is 5.61. The van der Waals surface area contributed by atoms with Crippen molar-refractivity contribution in [1.82, 2.24) is 20.1 Å². The number of hydroxylamine groups is 1. The van der Waals surface area contributed by atoms with Crippen molar-refractivity contribution >= 4 is 23.2 Å². The second-order valence-corrected chi connectivity index (χ2v) is 8.13. The summed E-state index contributed by atoms with van der Waals surface area (Å²) in [5.41, 5.74) is 3.79. The highest BCUT2D eigenvalue weighted by Crippen LogP contribution is 2.36. The Kier molecular flexibility index (Phi) is 6.15. The number of aryl methyl sites for hydroxylation is 1. The molecule has 5 rings (SSSR count). The van der Waals surface area contributed by atoms with Crippen LogP contribution in [0.1, 0.15) is 27.9 Å². The fourth-order valence-electron chi connectivity index (χ4n) is 3.85. The number of methoxy groups -OCH3 is 1. The van der Waals surface area contributed by atoms with Crippen molar-refractivity contribution in [1.29, 1.82) is 0 Å². The van der Waals surface area contributed by atoms with Crippen LogP contribution < -0.4 is 4.74 Å². The molecule has 2 aliphatic rings. The zero-order chi connectivity index (χ0) is 25.3. The van der Waals surface area contributed by atoms with Gasteiger partial charge in [-0.3, -0.25) is 9.99 Å². The lowest BCUT2D eigenvalue weighted by Gasteiger charge is -2.34. The molecule has 2 aliphatic heterocycles. The number of hydrogen-bond donors (Lipinski definition) is 0. The molecule has 11 heteroatoms. The van der Waals surface area contributed by atoms with Crippen molar-refractivity contribution in [3.63, 3.8) is 0 Å². The largest absolute Gasteiger partial charge is 0.481 e. The predicted molar refractivity (Wildman–Crippen MR) is 127 cm³/mol. The molecule has 0 radical (unpaired) electrons. The highest BCUT2D eigenvalue weighted by molar-refractivity contribution is 6.39. The van der Waals surface area contributed by atoms with E-state index in [0.717, 1.165) is 22.8 Å². The Morgan fingerprint density at radius 3 is 2.56 bits per heavy atom. The van der Waals surface area contributed by atoms with E-state index >= 15 is 0 Å². The van der Waals surface area contributed by atoms with E-state index in [1.165, 1.54) is 24.5 Å². The van der Waals surface area contributed by atoms with E-state index in [2.05, 4.69) is 15.1 Å². The van der Waals surface area contributed by atoms with E-state index in [4.69, 9.17) is 14.7 Å². The van der Waals surface area contributed by atoms with Crippen LogP contribution in [0.15, 0.2) is 71.1 Å². The minimum Gasteiger partial charge on any atom is -0.481 e. The Bertz CT molecular complexity index is 1350. The minimum atomic E-state index is -4.50. The third-order valence-electron chi connectivity index (χ3n) is 5.61. The van der Waals surface area contributed by atoms with Crippen LogP contribution in [0.25, 0.3) is 11.1 Å². The van der Waals surface area contributed by atoms with Crippen LogP contribution in [-0.2, 0) is 17.6 Å². The van der Waals surface area contributed by atoms with Gasteiger partial charge in [-0.1, -0.05) is 35.9 Å². The van der Waals surface area contributed by atoms with Crippen LogP contribution in [0, 0.1) is 6.92 Å². The summed E-state index contributed by atoms with van der Waals surface area (Å²) in [6.45, 7) is 2.23. The fourth-order valence-corrected chi connectivity index (χ4v) is 3.85. The van der Waals surface area contributed by atoms with Gasteiger partial charge in [-0.15, -0.1) is 5.17 Å². The smallest absolute Gasteiger partial charge is 0.433 e. The van der Waals surface area contributed by atoms with Gasteiger partial charge in [-0.05, 0) is 36.2 Å². The van der Waals surface area contributed by atoms with Gasteiger partial charge in [-0.2, -0.15) is 23.4 Å². The maximum atomic E-state index is 12.9. The first-order valence-electron chi connectivity index (χ1n) is 11.0. The second kappa shape index (κ2) is 9.42. The summed E-state index contributed by atoms with van der Waals surface area (Å²) in [6, 6.07) is 14.0. The molecule has 4 heterocycles. The van der Waals surface area contributed by atoms with Gasteiger partial charge in [0.1, 0.15) is 5.69 Å². The zero-order valence-corrected chi connectivity index (χ0v) is 19.4. The van der Waals surface area contributed by atoms with E-state index in [1.807, 2.05) is 37.3 Å². The van der Waals surface area contributed by atoms with Gasteiger partial charge in [0.25, 0.3) is 0 Å². The van der Waals surface area contributed by atoms with E-state index in [9.17, 15) is 13.2 Å². The molecule has 8 nitrogen and oxygen atoms in total.